The molecule has 3 heterocycles. The lowest BCUT2D eigenvalue weighted by atomic mass is 9.84. The molecule has 4 bridgehead atoms. The van der Waals surface area contributed by atoms with Gasteiger partial charge in [0.2, 0.25) is 5.91 Å². The predicted octanol–water partition coefficient (Wildman–Crippen LogP) is 3.12. The van der Waals surface area contributed by atoms with Crippen molar-refractivity contribution >= 4 is 29.3 Å². The molecule has 2 unspecified atom stereocenters. The highest BCUT2D eigenvalue weighted by Gasteiger charge is 2.62. The Hall–Kier alpha value is -2.63. The topological polar surface area (TPSA) is 130 Å². The molecule has 10 nitrogen and oxygen atoms in total. The van der Waals surface area contributed by atoms with Crippen LogP contribution in [0.4, 0.5) is 10.5 Å². The molecule has 2 saturated heterocycles. The van der Waals surface area contributed by atoms with E-state index in [1.807, 2.05) is 32.1 Å². The lowest BCUT2D eigenvalue weighted by Gasteiger charge is -2.42. The van der Waals surface area contributed by atoms with Gasteiger partial charge in [-0.05, 0) is 38.0 Å². The van der Waals surface area contributed by atoms with E-state index in [-0.39, 0.29) is 23.8 Å². The van der Waals surface area contributed by atoms with E-state index in [0.29, 0.717) is 17.9 Å². The van der Waals surface area contributed by atoms with Crippen molar-refractivity contribution in [1.29, 1.82) is 0 Å². The Labute approximate surface area is 233 Å². The number of carbonyl (C=O) groups is 2. The third-order valence-electron chi connectivity index (χ3n) is 7.98. The molecule has 2 amide bonds. The lowest BCUT2D eigenvalue weighted by molar-refractivity contribution is -0.142. The number of alkyl carbamates (subject to hydrolysis) is 1. The number of rotatable bonds is 2. The first-order chi connectivity index (χ1) is 18.3. The minimum Gasteiger partial charge on any atom is -0.495 e. The number of aliphatic hydroxyl groups is 2. The molecular weight excluding hydrogens is 528 g/mol. The van der Waals surface area contributed by atoms with E-state index >= 15 is 0 Å². The summed E-state index contributed by atoms with van der Waals surface area (Å²) in [5.41, 5.74) is -0.479. The number of halogens is 1. The number of amides is 2. The molecule has 2 fully saturated rings. The maximum atomic E-state index is 13.3. The molecule has 3 aliphatic rings. The van der Waals surface area contributed by atoms with E-state index in [1.54, 1.807) is 26.1 Å². The van der Waals surface area contributed by atoms with Crippen molar-refractivity contribution in [2.75, 3.05) is 26.2 Å². The van der Waals surface area contributed by atoms with E-state index in [0.717, 1.165) is 11.1 Å². The highest BCUT2D eigenvalue weighted by Crippen LogP contribution is 2.48. The van der Waals surface area contributed by atoms with E-state index in [4.69, 9.17) is 30.5 Å². The van der Waals surface area contributed by atoms with Crippen molar-refractivity contribution in [1.82, 2.24) is 5.32 Å². The Bertz CT molecular complexity index is 1190. The fourth-order valence-electron chi connectivity index (χ4n) is 5.46. The highest BCUT2D eigenvalue weighted by molar-refractivity contribution is 6.35. The van der Waals surface area contributed by atoms with E-state index < -0.39 is 47.8 Å². The monoisotopic (exact) mass is 564 g/mol. The van der Waals surface area contributed by atoms with Crippen LogP contribution < -0.4 is 15.0 Å². The minimum absolute atomic E-state index is 0.0310. The summed E-state index contributed by atoms with van der Waals surface area (Å²) in [4.78, 5) is 27.1. The van der Waals surface area contributed by atoms with Gasteiger partial charge in [-0.15, -0.1) is 0 Å². The van der Waals surface area contributed by atoms with Crippen LogP contribution in [0.1, 0.15) is 39.2 Å². The quantitative estimate of drug-likeness (QED) is 0.467. The SMILES string of the molecule is COc1cc2cc(c1Cl)N(C)C(=O)C[C@H](O)[C@]1(C)OC1[C@H](C)C1C[C@@](O)(NC(=O)O1)[C@H](OC)/C=C/C=C(\C)C2. The second kappa shape index (κ2) is 11.1. The number of benzene rings is 1. The van der Waals surface area contributed by atoms with Gasteiger partial charge in [0.05, 0.1) is 31.4 Å². The molecule has 0 radical (unpaired) electrons. The zero-order valence-electron chi connectivity index (χ0n) is 23.1. The van der Waals surface area contributed by atoms with Crippen molar-refractivity contribution in [2.24, 2.45) is 5.92 Å². The molecule has 3 N–H and O–H groups in total. The molecule has 0 aliphatic carbocycles. The number of hydrogen-bond donors (Lipinski definition) is 3. The van der Waals surface area contributed by atoms with Crippen molar-refractivity contribution < 1.29 is 38.7 Å². The van der Waals surface area contributed by atoms with Gasteiger partial charge < -0.3 is 34.1 Å². The normalized spacial score (nSPS) is 37.6. The lowest BCUT2D eigenvalue weighted by Crippen LogP contribution is -2.63. The van der Waals surface area contributed by atoms with Gasteiger partial charge in [-0.2, -0.15) is 0 Å². The number of carbonyl (C=O) groups excluding carboxylic acids is 2. The van der Waals surface area contributed by atoms with Crippen molar-refractivity contribution in [3.63, 3.8) is 0 Å². The first kappa shape index (κ1) is 29.4. The second-order valence-electron chi connectivity index (χ2n) is 10.8. The molecule has 0 aromatic heterocycles. The van der Waals surface area contributed by atoms with Crippen molar-refractivity contribution in [3.8, 4) is 5.75 Å². The molecule has 0 saturated carbocycles. The number of fused-ring (bicyclic) bond motifs is 5. The van der Waals surface area contributed by atoms with E-state index in [1.165, 1.54) is 19.1 Å². The van der Waals surface area contributed by atoms with Gasteiger partial charge in [0.25, 0.3) is 0 Å². The number of nitrogens with one attached hydrogen (secondary N) is 1. The molecule has 39 heavy (non-hydrogen) atoms. The Morgan fingerprint density at radius 2 is 1.97 bits per heavy atom. The van der Waals surface area contributed by atoms with Crippen LogP contribution in [0.2, 0.25) is 5.02 Å². The minimum atomic E-state index is -1.73. The summed E-state index contributed by atoms with van der Waals surface area (Å²) in [5, 5.41) is 25.3. The molecule has 11 heteroatoms. The number of anilines is 1. The summed E-state index contributed by atoms with van der Waals surface area (Å²) in [6, 6.07) is 3.63. The van der Waals surface area contributed by atoms with Gasteiger partial charge in [0.1, 0.15) is 28.6 Å². The first-order valence-corrected chi connectivity index (χ1v) is 13.3. The molecular formula is C28H37ClN2O8. The summed E-state index contributed by atoms with van der Waals surface area (Å²) in [6.45, 7) is 5.48. The third-order valence-corrected chi connectivity index (χ3v) is 8.36. The number of nitrogens with zero attached hydrogens (tertiary/aromatic N) is 1. The largest absolute Gasteiger partial charge is 0.495 e. The van der Waals surface area contributed by atoms with Gasteiger partial charge >= 0.3 is 6.09 Å². The van der Waals surface area contributed by atoms with Crippen molar-refractivity contribution in [3.05, 3.63) is 46.5 Å². The van der Waals surface area contributed by atoms with E-state index in [9.17, 15) is 19.8 Å². The Morgan fingerprint density at radius 3 is 2.64 bits per heavy atom. The molecule has 1 aromatic carbocycles. The molecule has 4 rings (SSSR count). The number of ether oxygens (including phenoxy) is 4. The maximum absolute atomic E-state index is 13.3. The van der Waals surface area contributed by atoms with Gasteiger partial charge in [0, 0.05) is 26.5 Å². The van der Waals surface area contributed by atoms with Crippen LogP contribution in [0.3, 0.4) is 0 Å². The summed E-state index contributed by atoms with van der Waals surface area (Å²) < 4.78 is 22.4. The number of hydrogen-bond acceptors (Lipinski definition) is 8. The number of allylic oxidation sites excluding steroid dienone is 3. The maximum Gasteiger partial charge on any atom is 0.409 e. The van der Waals surface area contributed by atoms with Crippen LogP contribution >= 0.6 is 11.6 Å². The van der Waals surface area contributed by atoms with Crippen LogP contribution in [0, 0.1) is 5.92 Å². The average molecular weight is 565 g/mol. The van der Waals surface area contributed by atoms with Gasteiger partial charge in [0.15, 0.2) is 5.72 Å². The summed E-state index contributed by atoms with van der Waals surface area (Å²) in [6.07, 6.45) is 1.63. The van der Waals surface area contributed by atoms with Crippen LogP contribution in [0.15, 0.2) is 35.9 Å². The van der Waals surface area contributed by atoms with Gasteiger partial charge in [-0.25, -0.2) is 4.79 Å². The predicted molar refractivity (Wildman–Crippen MR) is 145 cm³/mol. The zero-order valence-corrected chi connectivity index (χ0v) is 23.8. The summed E-state index contributed by atoms with van der Waals surface area (Å²) in [7, 11) is 4.56. The summed E-state index contributed by atoms with van der Waals surface area (Å²) >= 11 is 6.58. The van der Waals surface area contributed by atoms with Crippen molar-refractivity contribution in [2.45, 2.75) is 75.8 Å². The average Bonchev–Trinajstić information content (AvgIpc) is 3.58. The molecule has 1 aromatic rings. The number of epoxide rings is 1. The highest BCUT2D eigenvalue weighted by atomic mass is 35.5. The smallest absolute Gasteiger partial charge is 0.409 e. The Balaban J connectivity index is 1.74. The molecule has 0 spiro atoms. The van der Waals surface area contributed by atoms with Gasteiger partial charge in [-0.3, -0.25) is 10.1 Å². The van der Waals surface area contributed by atoms with Crippen LogP contribution in [0.5, 0.6) is 5.75 Å². The van der Waals surface area contributed by atoms with E-state index in [2.05, 4.69) is 5.32 Å². The van der Waals surface area contributed by atoms with Crippen LogP contribution in [-0.2, 0) is 25.4 Å². The van der Waals surface area contributed by atoms with Crippen LogP contribution in [0.25, 0.3) is 0 Å². The fraction of sp³-hybridized carbons (Fsp3) is 0.571. The zero-order chi connectivity index (χ0) is 28.7. The van der Waals surface area contributed by atoms with Gasteiger partial charge in [-0.1, -0.05) is 42.3 Å². The standard InChI is InChI=1S/C28H37ClN2O8/c1-15-8-7-9-22(37-6)28(35)14-20(38-26(34)30-28)16(2)25-27(3,39-25)21(32)13-23(33)31(4)18-11-17(10-15)12-19(36-5)24(18)29/h7-9,11-12,16,20-22,25,32,35H,10,13-14H2,1-6H3,(H,30,34)/b9-7+,15-8+/t16-,20?,21+,22-,25?,27+,28+/m1/s1. The second-order valence-corrected chi connectivity index (χ2v) is 11.2. The molecule has 214 valence electrons. The third kappa shape index (κ3) is 5.81. The molecule has 7 atom stereocenters. The van der Waals surface area contributed by atoms with Crippen LogP contribution in [-0.4, -0.2) is 79.2 Å². The Morgan fingerprint density at radius 1 is 1.26 bits per heavy atom. The number of aliphatic hydroxyl groups excluding tert-OH is 1. The first-order valence-electron chi connectivity index (χ1n) is 12.9. The Kier molecular flexibility index (Phi) is 8.35. The molecule has 3 aliphatic heterocycles. The summed E-state index contributed by atoms with van der Waals surface area (Å²) in [5.74, 6) is -0.323. The number of methoxy groups -OCH3 is 2. The fourth-order valence-corrected chi connectivity index (χ4v) is 5.78.